The lowest BCUT2D eigenvalue weighted by Gasteiger charge is -2.45. The molecule has 0 saturated carbocycles. The van der Waals surface area contributed by atoms with Gasteiger partial charge in [0.25, 0.3) is 0 Å². The third kappa shape index (κ3) is 4.22. The highest BCUT2D eigenvalue weighted by molar-refractivity contribution is 5.83. The molecular formula is C28H35N3O2. The topological polar surface area (TPSA) is 40.7 Å². The number of morpholine rings is 1. The van der Waals surface area contributed by atoms with Crippen molar-refractivity contribution < 1.29 is 9.47 Å². The normalized spacial score (nSPS) is 18.4. The van der Waals surface area contributed by atoms with Crippen LogP contribution in [0.1, 0.15) is 41.6 Å². The molecule has 5 nitrogen and oxygen atoms in total. The Morgan fingerprint density at radius 1 is 1.15 bits per heavy atom. The van der Waals surface area contributed by atoms with Gasteiger partial charge in [-0.2, -0.15) is 0 Å². The molecule has 5 heteroatoms. The van der Waals surface area contributed by atoms with Crippen LogP contribution in [0.2, 0.25) is 0 Å². The van der Waals surface area contributed by atoms with Gasteiger partial charge in [-0.15, -0.1) is 0 Å². The van der Waals surface area contributed by atoms with Gasteiger partial charge < -0.3 is 24.3 Å². The molecular weight excluding hydrogens is 410 g/mol. The molecule has 1 aromatic heterocycles. The highest BCUT2D eigenvalue weighted by Crippen LogP contribution is 2.40. The van der Waals surface area contributed by atoms with Crippen LogP contribution >= 0.6 is 0 Å². The van der Waals surface area contributed by atoms with E-state index in [1.165, 1.54) is 33.2 Å². The van der Waals surface area contributed by atoms with Crippen molar-refractivity contribution >= 4 is 10.9 Å². The van der Waals surface area contributed by atoms with Crippen molar-refractivity contribution in [2.75, 3.05) is 40.0 Å². The standard InChI is InChI=1S/C28H35N3O2/c1-4-21-17-22-11-12-31(20(2)30-13-15-33-16-14-30)27(25(22)18-28(21)32-3)10-9-23-19-29-26-8-6-5-7-24(23)26/h5-8,17-19,27,29H,2,4,9-16H2,1,3H3. The van der Waals surface area contributed by atoms with Crippen molar-refractivity contribution in [3.8, 4) is 5.75 Å². The van der Waals surface area contributed by atoms with Crippen molar-refractivity contribution in [2.45, 2.75) is 38.6 Å². The maximum atomic E-state index is 5.80. The summed E-state index contributed by atoms with van der Waals surface area (Å²) < 4.78 is 11.4. The van der Waals surface area contributed by atoms with Gasteiger partial charge in [0.2, 0.25) is 0 Å². The number of hydrogen-bond acceptors (Lipinski definition) is 4. The molecule has 1 N–H and O–H groups in total. The second-order valence-corrected chi connectivity index (χ2v) is 9.09. The fourth-order valence-corrected chi connectivity index (χ4v) is 5.50. The fourth-order valence-electron chi connectivity index (χ4n) is 5.50. The molecule has 0 spiro atoms. The summed E-state index contributed by atoms with van der Waals surface area (Å²) in [6.07, 6.45) is 6.25. The van der Waals surface area contributed by atoms with E-state index in [1.54, 1.807) is 7.11 Å². The van der Waals surface area contributed by atoms with Gasteiger partial charge in [-0.3, -0.25) is 0 Å². The second kappa shape index (κ2) is 9.52. The first-order chi connectivity index (χ1) is 16.2. The largest absolute Gasteiger partial charge is 0.496 e. The van der Waals surface area contributed by atoms with Gasteiger partial charge in [0.05, 0.1) is 32.2 Å². The van der Waals surface area contributed by atoms with Gasteiger partial charge in [-0.05, 0) is 60.1 Å². The summed E-state index contributed by atoms with van der Waals surface area (Å²) in [6, 6.07) is 13.5. The number of ether oxygens (including phenoxy) is 2. The average Bonchev–Trinajstić information content (AvgIpc) is 3.29. The lowest BCUT2D eigenvalue weighted by atomic mass is 9.87. The zero-order chi connectivity index (χ0) is 22.8. The molecule has 2 aromatic carbocycles. The Balaban J connectivity index is 1.48. The van der Waals surface area contributed by atoms with Gasteiger partial charge in [0, 0.05) is 36.7 Å². The zero-order valence-corrected chi connectivity index (χ0v) is 19.9. The first-order valence-corrected chi connectivity index (χ1v) is 12.2. The molecule has 0 aliphatic carbocycles. The van der Waals surface area contributed by atoms with Crippen molar-refractivity contribution in [1.82, 2.24) is 14.8 Å². The van der Waals surface area contributed by atoms with Crippen LogP contribution in [0, 0.1) is 0 Å². The predicted octanol–water partition coefficient (Wildman–Crippen LogP) is 5.07. The Hall–Kier alpha value is -2.92. The van der Waals surface area contributed by atoms with Crippen LogP contribution in [-0.4, -0.2) is 54.7 Å². The molecule has 5 rings (SSSR count). The lowest BCUT2D eigenvalue weighted by molar-refractivity contribution is 0.0303. The first kappa shape index (κ1) is 21.9. The van der Waals surface area contributed by atoms with Crippen molar-refractivity contribution in [3.05, 3.63) is 77.2 Å². The summed E-state index contributed by atoms with van der Waals surface area (Å²) in [5, 5.41) is 1.33. The number of rotatable bonds is 7. The van der Waals surface area contributed by atoms with Crippen LogP contribution in [0.4, 0.5) is 0 Å². The van der Waals surface area contributed by atoms with E-state index in [1.807, 2.05) is 0 Å². The van der Waals surface area contributed by atoms with Gasteiger partial charge in [0.1, 0.15) is 5.75 Å². The van der Waals surface area contributed by atoms with Gasteiger partial charge in [-0.25, -0.2) is 0 Å². The number of hydrogen-bond donors (Lipinski definition) is 1. The molecule has 1 fully saturated rings. The summed E-state index contributed by atoms with van der Waals surface area (Å²) >= 11 is 0. The van der Waals surface area contributed by atoms with Gasteiger partial charge >= 0.3 is 0 Å². The van der Waals surface area contributed by atoms with E-state index in [-0.39, 0.29) is 6.04 Å². The van der Waals surface area contributed by atoms with Crippen LogP contribution in [0.3, 0.4) is 0 Å². The minimum Gasteiger partial charge on any atom is -0.496 e. The number of methoxy groups -OCH3 is 1. The highest BCUT2D eigenvalue weighted by Gasteiger charge is 2.31. The summed E-state index contributed by atoms with van der Waals surface area (Å²) in [4.78, 5) is 8.37. The quantitative estimate of drug-likeness (QED) is 0.551. The number of aryl methyl sites for hydroxylation is 2. The van der Waals surface area contributed by atoms with Crippen LogP contribution in [0.15, 0.2) is 55.0 Å². The van der Waals surface area contributed by atoms with Crippen LogP contribution in [0.25, 0.3) is 10.9 Å². The number of aromatic amines is 1. The van der Waals surface area contributed by atoms with Crippen LogP contribution in [-0.2, 0) is 24.0 Å². The lowest BCUT2D eigenvalue weighted by Crippen LogP contribution is -2.45. The number of aromatic nitrogens is 1. The van der Waals surface area contributed by atoms with E-state index in [4.69, 9.17) is 9.47 Å². The van der Waals surface area contributed by atoms with E-state index < -0.39 is 0 Å². The molecule has 2 aliphatic heterocycles. The smallest absolute Gasteiger partial charge is 0.122 e. The predicted molar refractivity (Wildman–Crippen MR) is 134 cm³/mol. The summed E-state index contributed by atoms with van der Waals surface area (Å²) in [5.41, 5.74) is 6.74. The summed E-state index contributed by atoms with van der Waals surface area (Å²) in [6.45, 7) is 11.1. The number of nitrogens with zero attached hydrogens (tertiary/aromatic N) is 2. The molecule has 33 heavy (non-hydrogen) atoms. The molecule has 1 atom stereocenters. The number of benzene rings is 2. The molecule has 0 amide bonds. The zero-order valence-electron chi connectivity index (χ0n) is 19.9. The average molecular weight is 446 g/mol. The van der Waals surface area contributed by atoms with Crippen molar-refractivity contribution in [2.24, 2.45) is 0 Å². The third-order valence-electron chi connectivity index (χ3n) is 7.35. The second-order valence-electron chi connectivity index (χ2n) is 9.09. The molecule has 0 radical (unpaired) electrons. The molecule has 1 saturated heterocycles. The Labute approximate surface area is 197 Å². The molecule has 1 unspecified atom stereocenters. The molecule has 174 valence electrons. The fraction of sp³-hybridized carbons (Fsp3) is 0.429. The Morgan fingerprint density at radius 3 is 2.76 bits per heavy atom. The van der Waals surface area contributed by atoms with Crippen LogP contribution < -0.4 is 4.74 Å². The first-order valence-electron chi connectivity index (χ1n) is 12.2. The SMILES string of the molecule is C=C(N1CCOCC1)N1CCc2cc(CC)c(OC)cc2C1CCc1c[nH]c2ccccc12. The van der Waals surface area contributed by atoms with E-state index in [9.17, 15) is 0 Å². The molecule has 2 aliphatic rings. The van der Waals surface area contributed by atoms with E-state index in [2.05, 4.69) is 70.9 Å². The minimum absolute atomic E-state index is 0.276. The monoisotopic (exact) mass is 445 g/mol. The Kier molecular flexibility index (Phi) is 6.32. The van der Waals surface area contributed by atoms with Crippen molar-refractivity contribution in [1.29, 1.82) is 0 Å². The highest BCUT2D eigenvalue weighted by atomic mass is 16.5. The summed E-state index contributed by atoms with van der Waals surface area (Å²) in [5.74, 6) is 2.14. The molecule has 3 heterocycles. The molecule has 3 aromatic rings. The van der Waals surface area contributed by atoms with Gasteiger partial charge in [0.15, 0.2) is 0 Å². The van der Waals surface area contributed by atoms with Gasteiger partial charge in [-0.1, -0.05) is 37.8 Å². The number of fused-ring (bicyclic) bond motifs is 2. The number of nitrogens with one attached hydrogen (secondary N) is 1. The summed E-state index contributed by atoms with van der Waals surface area (Å²) in [7, 11) is 1.79. The van der Waals surface area contributed by atoms with E-state index in [0.717, 1.165) is 70.1 Å². The van der Waals surface area contributed by atoms with E-state index >= 15 is 0 Å². The number of H-pyrrole nitrogens is 1. The van der Waals surface area contributed by atoms with Crippen molar-refractivity contribution in [3.63, 3.8) is 0 Å². The molecule has 0 bridgehead atoms. The van der Waals surface area contributed by atoms with Crippen LogP contribution in [0.5, 0.6) is 5.75 Å². The maximum absolute atomic E-state index is 5.80. The maximum Gasteiger partial charge on any atom is 0.122 e. The Bertz CT molecular complexity index is 1130. The Morgan fingerprint density at radius 2 is 1.97 bits per heavy atom. The third-order valence-corrected chi connectivity index (χ3v) is 7.35. The number of para-hydroxylation sites is 1. The van der Waals surface area contributed by atoms with E-state index in [0.29, 0.717) is 0 Å². The minimum atomic E-state index is 0.276.